The molecule has 28 heavy (non-hydrogen) atoms. The fourth-order valence-corrected chi connectivity index (χ4v) is 6.11. The summed E-state index contributed by atoms with van der Waals surface area (Å²) in [5.74, 6) is 0.989. The number of anilines is 1. The van der Waals surface area contributed by atoms with Crippen molar-refractivity contribution in [3.63, 3.8) is 0 Å². The molecule has 1 aliphatic heterocycles. The third kappa shape index (κ3) is 3.11. The minimum absolute atomic E-state index is 0.125. The van der Waals surface area contributed by atoms with Gasteiger partial charge in [-0.15, -0.1) is 22.7 Å². The highest BCUT2D eigenvalue weighted by Gasteiger charge is 2.22. The molecule has 0 aliphatic carbocycles. The van der Waals surface area contributed by atoms with Crippen LogP contribution < -0.4 is 14.2 Å². The monoisotopic (exact) mass is 430 g/mol. The molecular weight excluding hydrogens is 416 g/mol. The van der Waals surface area contributed by atoms with Gasteiger partial charge in [-0.2, -0.15) is 0 Å². The van der Waals surface area contributed by atoms with Crippen molar-refractivity contribution in [2.75, 3.05) is 17.9 Å². The van der Waals surface area contributed by atoms with Crippen LogP contribution in [0.15, 0.2) is 58.8 Å². The van der Waals surface area contributed by atoms with E-state index in [1.54, 1.807) is 6.07 Å². The first-order valence-corrected chi connectivity index (χ1v) is 11.6. The molecule has 0 unspecified atom stereocenters. The van der Waals surface area contributed by atoms with Gasteiger partial charge in [0.1, 0.15) is 23.2 Å². The van der Waals surface area contributed by atoms with Gasteiger partial charge in [-0.05, 0) is 35.7 Å². The Hall–Kier alpha value is -2.62. The molecule has 0 bridgehead atoms. The van der Waals surface area contributed by atoms with Gasteiger partial charge in [0.2, 0.25) is 0 Å². The SMILES string of the molecule is O=S(=O)(Nc1sccc1-c1nc2ccccc2s1)c1ccc2c(c1)OCCO2. The number of nitrogens with zero attached hydrogens (tertiary/aromatic N) is 1. The van der Waals surface area contributed by atoms with Crippen molar-refractivity contribution >= 4 is 47.9 Å². The van der Waals surface area contributed by atoms with E-state index in [-0.39, 0.29) is 4.90 Å². The number of benzene rings is 2. The number of thiophene rings is 1. The number of hydrogen-bond acceptors (Lipinski definition) is 7. The number of nitrogens with one attached hydrogen (secondary N) is 1. The Morgan fingerprint density at radius 2 is 1.82 bits per heavy atom. The largest absolute Gasteiger partial charge is 0.486 e. The summed E-state index contributed by atoms with van der Waals surface area (Å²) in [6.45, 7) is 0.856. The van der Waals surface area contributed by atoms with E-state index in [4.69, 9.17) is 9.47 Å². The van der Waals surface area contributed by atoms with Crippen molar-refractivity contribution in [1.29, 1.82) is 0 Å². The fourth-order valence-electron chi connectivity index (χ4n) is 2.92. The lowest BCUT2D eigenvalue weighted by Crippen LogP contribution is -2.17. The van der Waals surface area contributed by atoms with Crippen LogP contribution in [0.5, 0.6) is 11.5 Å². The predicted octanol–water partition coefficient (Wildman–Crippen LogP) is 4.60. The van der Waals surface area contributed by atoms with Crippen molar-refractivity contribution in [1.82, 2.24) is 4.98 Å². The number of ether oxygens (including phenoxy) is 2. The van der Waals surface area contributed by atoms with E-state index < -0.39 is 10.0 Å². The van der Waals surface area contributed by atoms with Crippen LogP contribution in [0.4, 0.5) is 5.00 Å². The van der Waals surface area contributed by atoms with Crippen LogP contribution in [-0.2, 0) is 10.0 Å². The Morgan fingerprint density at radius 1 is 1.00 bits per heavy atom. The zero-order valence-electron chi connectivity index (χ0n) is 14.4. The van der Waals surface area contributed by atoms with E-state index in [9.17, 15) is 8.42 Å². The first kappa shape index (κ1) is 17.5. The Morgan fingerprint density at radius 3 is 2.68 bits per heavy atom. The third-order valence-corrected chi connectivity index (χ3v) is 7.62. The molecule has 142 valence electrons. The first-order chi connectivity index (χ1) is 13.6. The van der Waals surface area contributed by atoms with Crippen LogP contribution >= 0.6 is 22.7 Å². The maximum atomic E-state index is 12.9. The molecule has 2 aromatic heterocycles. The average Bonchev–Trinajstić information content (AvgIpc) is 3.33. The fraction of sp³-hybridized carbons (Fsp3) is 0.105. The summed E-state index contributed by atoms with van der Waals surface area (Å²) in [4.78, 5) is 4.76. The summed E-state index contributed by atoms with van der Waals surface area (Å²) in [5, 5.41) is 3.17. The average molecular weight is 431 g/mol. The smallest absolute Gasteiger partial charge is 0.262 e. The van der Waals surface area contributed by atoms with Crippen molar-refractivity contribution in [3.05, 3.63) is 53.9 Å². The molecule has 1 aliphatic rings. The number of para-hydroxylation sites is 1. The Labute approximate surface area is 169 Å². The van der Waals surface area contributed by atoms with Gasteiger partial charge in [-0.1, -0.05) is 12.1 Å². The number of sulfonamides is 1. The molecule has 4 aromatic rings. The van der Waals surface area contributed by atoms with Gasteiger partial charge in [-0.3, -0.25) is 4.72 Å². The standard InChI is InChI=1S/C19H14N2O4S3/c22-28(23,12-5-6-15-16(11-12)25-9-8-24-15)21-19-13(7-10-26-19)18-20-14-3-1-2-4-17(14)27-18/h1-7,10-11,21H,8-9H2. The summed E-state index contributed by atoms with van der Waals surface area (Å²) in [6.07, 6.45) is 0. The van der Waals surface area contributed by atoms with Crippen LogP contribution in [0.2, 0.25) is 0 Å². The van der Waals surface area contributed by atoms with E-state index in [1.165, 1.54) is 34.8 Å². The van der Waals surface area contributed by atoms with Crippen LogP contribution in [-0.4, -0.2) is 26.6 Å². The topological polar surface area (TPSA) is 77.5 Å². The van der Waals surface area contributed by atoms with Gasteiger partial charge >= 0.3 is 0 Å². The van der Waals surface area contributed by atoms with Crippen molar-refractivity contribution in [2.24, 2.45) is 0 Å². The van der Waals surface area contributed by atoms with Crippen LogP contribution in [0.1, 0.15) is 0 Å². The molecule has 0 radical (unpaired) electrons. The highest BCUT2D eigenvalue weighted by Crippen LogP contribution is 2.39. The van der Waals surface area contributed by atoms with Crippen LogP contribution in [0.25, 0.3) is 20.8 Å². The molecule has 0 saturated heterocycles. The summed E-state index contributed by atoms with van der Waals surface area (Å²) in [5.41, 5.74) is 1.67. The Bertz CT molecular complexity index is 1240. The highest BCUT2D eigenvalue weighted by molar-refractivity contribution is 7.93. The molecule has 0 saturated carbocycles. The zero-order valence-corrected chi connectivity index (χ0v) is 16.9. The van der Waals surface area contributed by atoms with E-state index in [0.29, 0.717) is 29.7 Å². The maximum Gasteiger partial charge on any atom is 0.262 e. The molecule has 3 heterocycles. The maximum absolute atomic E-state index is 12.9. The molecule has 2 aromatic carbocycles. The number of fused-ring (bicyclic) bond motifs is 2. The van der Waals surface area contributed by atoms with Crippen LogP contribution in [0.3, 0.4) is 0 Å². The van der Waals surface area contributed by atoms with Gasteiger partial charge in [0.15, 0.2) is 11.5 Å². The molecule has 0 amide bonds. The van der Waals surface area contributed by atoms with Crippen molar-refractivity contribution < 1.29 is 17.9 Å². The first-order valence-electron chi connectivity index (χ1n) is 8.46. The molecule has 6 nitrogen and oxygen atoms in total. The number of hydrogen-bond donors (Lipinski definition) is 1. The van der Waals surface area contributed by atoms with E-state index in [0.717, 1.165) is 20.8 Å². The van der Waals surface area contributed by atoms with E-state index in [2.05, 4.69) is 9.71 Å². The van der Waals surface area contributed by atoms with Crippen LogP contribution in [0, 0.1) is 0 Å². The summed E-state index contributed by atoms with van der Waals surface area (Å²) < 4.78 is 40.6. The summed E-state index contributed by atoms with van der Waals surface area (Å²) >= 11 is 2.86. The predicted molar refractivity (Wildman–Crippen MR) is 111 cm³/mol. The second kappa shape index (κ2) is 6.77. The van der Waals surface area contributed by atoms with E-state index in [1.807, 2.05) is 35.7 Å². The minimum Gasteiger partial charge on any atom is -0.486 e. The lowest BCUT2D eigenvalue weighted by Gasteiger charge is -2.19. The number of aromatic nitrogens is 1. The van der Waals surface area contributed by atoms with Gasteiger partial charge in [0.05, 0.1) is 15.1 Å². The lowest BCUT2D eigenvalue weighted by molar-refractivity contribution is 0.171. The number of thiazole rings is 1. The van der Waals surface area contributed by atoms with Gasteiger partial charge in [0.25, 0.3) is 10.0 Å². The minimum atomic E-state index is -3.78. The third-order valence-electron chi connectivity index (χ3n) is 4.24. The normalized spacial score (nSPS) is 13.6. The molecule has 1 N–H and O–H groups in total. The summed E-state index contributed by atoms with van der Waals surface area (Å²) in [7, 11) is -3.78. The van der Waals surface area contributed by atoms with Crippen molar-refractivity contribution in [3.8, 4) is 22.1 Å². The zero-order chi connectivity index (χ0) is 19.1. The molecule has 0 atom stereocenters. The lowest BCUT2D eigenvalue weighted by atomic mass is 10.3. The van der Waals surface area contributed by atoms with Gasteiger partial charge in [-0.25, -0.2) is 13.4 Å². The second-order valence-corrected chi connectivity index (χ2v) is 9.69. The summed E-state index contributed by atoms with van der Waals surface area (Å²) in [6, 6.07) is 14.3. The van der Waals surface area contributed by atoms with Gasteiger partial charge in [0, 0.05) is 11.6 Å². The quantitative estimate of drug-likeness (QED) is 0.512. The van der Waals surface area contributed by atoms with Crippen molar-refractivity contribution in [2.45, 2.75) is 4.90 Å². The molecule has 9 heteroatoms. The molecule has 0 fully saturated rings. The Kier molecular flexibility index (Phi) is 4.22. The molecule has 0 spiro atoms. The second-order valence-electron chi connectivity index (χ2n) is 6.06. The number of rotatable bonds is 4. The Balaban J connectivity index is 1.49. The van der Waals surface area contributed by atoms with Gasteiger partial charge < -0.3 is 9.47 Å². The molecule has 5 rings (SSSR count). The highest BCUT2D eigenvalue weighted by atomic mass is 32.2. The van der Waals surface area contributed by atoms with E-state index >= 15 is 0 Å². The molecular formula is C19H14N2O4S3.